The van der Waals surface area contributed by atoms with E-state index in [0.717, 1.165) is 0 Å². The average molecular weight is 398 g/mol. The van der Waals surface area contributed by atoms with Crippen LogP contribution in [0.2, 0.25) is 0 Å². The Kier molecular flexibility index (Phi) is 2.55. The first-order valence-electron chi connectivity index (χ1n) is 7.32. The van der Waals surface area contributed by atoms with E-state index in [0.29, 0.717) is 22.3 Å². The number of fused-ring (bicyclic) bond motifs is 8. The van der Waals surface area contributed by atoms with Gasteiger partial charge in [0.15, 0.2) is 21.3 Å². The number of carbonyl (C=O) groups is 2. The monoisotopic (exact) mass is 396 g/mol. The average Bonchev–Trinajstić information content (AvgIpc) is 2.89. The first-order chi connectivity index (χ1) is 11.3. The van der Waals surface area contributed by atoms with Crippen LogP contribution in [-0.2, 0) is 9.75 Å². The summed E-state index contributed by atoms with van der Waals surface area (Å²) in [6.07, 6.45) is 0. The minimum absolute atomic E-state index is 0.363. The number of rotatable bonds is 0. The van der Waals surface area contributed by atoms with E-state index in [1.807, 2.05) is 0 Å². The number of carbonyl (C=O) groups excluding carboxylic acids is 2. The predicted octanol–water partition coefficient (Wildman–Crippen LogP) is 4.62. The largest absolute Gasteiger partial charge is 0.292 e. The highest BCUT2D eigenvalue weighted by atomic mass is 35.5. The van der Waals surface area contributed by atoms with Crippen LogP contribution >= 0.6 is 46.4 Å². The van der Waals surface area contributed by atoms with Crippen LogP contribution < -0.4 is 0 Å². The van der Waals surface area contributed by atoms with E-state index in [9.17, 15) is 9.59 Å². The number of halogens is 4. The number of alkyl halides is 4. The first kappa shape index (κ1) is 15.2. The normalized spacial score (nSPS) is 41.3. The van der Waals surface area contributed by atoms with Gasteiger partial charge < -0.3 is 0 Å². The fourth-order valence-corrected chi connectivity index (χ4v) is 7.20. The van der Waals surface area contributed by atoms with Crippen LogP contribution in [0.1, 0.15) is 31.8 Å². The van der Waals surface area contributed by atoms with Crippen molar-refractivity contribution in [2.24, 2.45) is 0 Å². The Morgan fingerprint density at radius 3 is 1.25 bits per heavy atom. The van der Waals surface area contributed by atoms with Crippen LogP contribution in [0.15, 0.2) is 48.5 Å². The maximum absolute atomic E-state index is 13.1. The SMILES string of the molecule is O=C1c2ccccc2C2(Cl)C1(Cl)C1(Cl)c3ccccc3C(=O)C21Cl. The summed E-state index contributed by atoms with van der Waals surface area (Å²) in [4.78, 5) is 19.6. The van der Waals surface area contributed by atoms with E-state index >= 15 is 0 Å². The molecule has 6 heteroatoms. The lowest BCUT2D eigenvalue weighted by molar-refractivity contribution is 0.0564. The Morgan fingerprint density at radius 2 is 0.875 bits per heavy atom. The van der Waals surface area contributed by atoms with Crippen LogP contribution in [0.4, 0.5) is 0 Å². The summed E-state index contributed by atoms with van der Waals surface area (Å²) in [5.74, 6) is -0.795. The van der Waals surface area contributed by atoms with Crippen molar-refractivity contribution in [2.75, 3.05) is 0 Å². The number of hydrogen-bond acceptors (Lipinski definition) is 2. The van der Waals surface area contributed by atoms with Crippen molar-refractivity contribution in [3.63, 3.8) is 0 Å². The van der Waals surface area contributed by atoms with Gasteiger partial charge >= 0.3 is 0 Å². The fraction of sp³-hybridized carbons (Fsp3) is 0.222. The molecule has 2 nitrogen and oxygen atoms in total. The molecule has 2 aromatic carbocycles. The second-order valence-corrected chi connectivity index (χ2v) is 8.65. The summed E-state index contributed by atoms with van der Waals surface area (Å²) in [6.45, 7) is 0. The third-order valence-corrected chi connectivity index (χ3v) is 9.02. The minimum atomic E-state index is -1.73. The van der Waals surface area contributed by atoms with Crippen molar-refractivity contribution in [1.82, 2.24) is 0 Å². The highest BCUT2D eigenvalue weighted by Gasteiger charge is 2.97. The van der Waals surface area contributed by atoms with Gasteiger partial charge in [-0.2, -0.15) is 0 Å². The fourth-order valence-electron chi connectivity index (χ4n) is 4.59. The zero-order valence-electron chi connectivity index (χ0n) is 11.9. The topological polar surface area (TPSA) is 34.1 Å². The van der Waals surface area contributed by atoms with Crippen LogP contribution in [0.5, 0.6) is 0 Å². The van der Waals surface area contributed by atoms with Crippen LogP contribution in [0.25, 0.3) is 0 Å². The van der Waals surface area contributed by atoms with E-state index in [2.05, 4.69) is 0 Å². The molecule has 3 aliphatic rings. The maximum atomic E-state index is 13.1. The van der Waals surface area contributed by atoms with Crippen LogP contribution in [0, 0.1) is 0 Å². The van der Waals surface area contributed by atoms with E-state index in [1.54, 1.807) is 48.5 Å². The summed E-state index contributed by atoms with van der Waals surface area (Å²) >= 11 is 27.5. The lowest BCUT2D eigenvalue weighted by Gasteiger charge is -2.65. The molecule has 0 N–H and O–H groups in total. The van der Waals surface area contributed by atoms with Gasteiger partial charge in [0.05, 0.1) is 0 Å². The Hall–Kier alpha value is -1.06. The molecule has 0 aromatic heterocycles. The molecule has 1 fully saturated rings. The smallest absolute Gasteiger partial charge is 0.188 e. The molecule has 3 aliphatic carbocycles. The third kappa shape index (κ3) is 1.05. The molecular weight excluding hydrogens is 390 g/mol. The number of Topliss-reactive ketones (excluding diaryl/α,β-unsaturated/α-hetero) is 2. The van der Waals surface area contributed by atoms with E-state index < -0.39 is 31.1 Å². The van der Waals surface area contributed by atoms with Gasteiger partial charge in [0.25, 0.3) is 0 Å². The van der Waals surface area contributed by atoms with Gasteiger partial charge in [-0.05, 0) is 11.1 Å². The summed E-state index contributed by atoms with van der Waals surface area (Å²) < 4.78 is 0. The number of benzene rings is 2. The van der Waals surface area contributed by atoms with Crippen molar-refractivity contribution in [3.8, 4) is 0 Å². The molecule has 0 amide bonds. The molecule has 0 radical (unpaired) electrons. The van der Waals surface area contributed by atoms with Crippen molar-refractivity contribution in [2.45, 2.75) is 19.5 Å². The lowest BCUT2D eigenvalue weighted by Crippen LogP contribution is -2.83. The Labute approximate surface area is 157 Å². The lowest BCUT2D eigenvalue weighted by atomic mass is 9.53. The molecule has 0 atom stereocenters. The Bertz CT molecular complexity index is 893. The summed E-state index contributed by atoms with van der Waals surface area (Å²) in [6, 6.07) is 13.5. The zero-order valence-corrected chi connectivity index (χ0v) is 15.0. The third-order valence-electron chi connectivity index (χ3n) is 5.61. The highest BCUT2D eigenvalue weighted by molar-refractivity contribution is 6.65. The predicted molar refractivity (Wildman–Crippen MR) is 93.8 cm³/mol. The van der Waals surface area contributed by atoms with Gasteiger partial charge in [0, 0.05) is 11.1 Å². The van der Waals surface area contributed by atoms with Crippen molar-refractivity contribution >= 4 is 58.0 Å². The molecule has 0 bridgehead atoms. The molecule has 1 saturated carbocycles. The van der Waals surface area contributed by atoms with Crippen molar-refractivity contribution < 1.29 is 9.59 Å². The Morgan fingerprint density at radius 1 is 0.542 bits per heavy atom. The van der Waals surface area contributed by atoms with Crippen LogP contribution in [0.3, 0.4) is 0 Å². The molecule has 2 aromatic rings. The molecular formula is C18H8Cl4O2. The Balaban J connectivity index is 1.93. The van der Waals surface area contributed by atoms with Crippen molar-refractivity contribution in [3.05, 3.63) is 70.8 Å². The second-order valence-electron chi connectivity index (χ2n) is 6.38. The van der Waals surface area contributed by atoms with E-state index in [1.165, 1.54) is 0 Å². The summed E-state index contributed by atoms with van der Waals surface area (Å²) in [5.41, 5.74) is 1.64. The molecule has 5 rings (SSSR count). The molecule has 0 aliphatic heterocycles. The van der Waals surface area contributed by atoms with Gasteiger partial charge in [-0.1, -0.05) is 48.5 Å². The number of ketones is 2. The van der Waals surface area contributed by atoms with E-state index in [-0.39, 0.29) is 0 Å². The van der Waals surface area contributed by atoms with Crippen LogP contribution in [-0.4, -0.2) is 21.3 Å². The number of hydrogen-bond donors (Lipinski definition) is 0. The molecule has 0 saturated heterocycles. The van der Waals surface area contributed by atoms with Crippen molar-refractivity contribution in [1.29, 1.82) is 0 Å². The quantitative estimate of drug-likeness (QED) is 0.608. The summed E-state index contributed by atoms with van der Waals surface area (Å²) in [7, 11) is 0. The molecule has 0 spiro atoms. The van der Waals surface area contributed by atoms with Gasteiger partial charge in [0.2, 0.25) is 0 Å². The second kappa shape index (κ2) is 4.02. The molecule has 0 heterocycles. The van der Waals surface area contributed by atoms with Gasteiger partial charge in [0.1, 0.15) is 9.75 Å². The maximum Gasteiger partial charge on any atom is 0.188 e. The first-order valence-corrected chi connectivity index (χ1v) is 8.83. The molecule has 120 valence electrons. The molecule has 24 heavy (non-hydrogen) atoms. The summed E-state index contributed by atoms with van der Waals surface area (Å²) in [5, 5.41) is 0. The van der Waals surface area contributed by atoms with Gasteiger partial charge in [-0.15, -0.1) is 46.4 Å². The highest BCUT2D eigenvalue weighted by Crippen LogP contribution is 2.84. The van der Waals surface area contributed by atoms with Gasteiger partial charge in [-0.25, -0.2) is 0 Å². The van der Waals surface area contributed by atoms with Gasteiger partial charge in [-0.3, -0.25) is 9.59 Å². The molecule has 0 unspecified atom stereocenters. The zero-order chi connectivity index (χ0) is 17.1. The van der Waals surface area contributed by atoms with E-state index in [4.69, 9.17) is 46.4 Å². The minimum Gasteiger partial charge on any atom is -0.292 e. The standard InChI is InChI=1S/C18H8Cl4O2/c19-15-11-7-3-1-5-9(11)13(23)17(15,21)16(20)12-8-4-2-6-10(12)14(24)18(15,16)22/h1-8H.